The maximum atomic E-state index is 12.6. The first-order valence-electron chi connectivity index (χ1n) is 21.9. The van der Waals surface area contributed by atoms with Crippen LogP contribution in [0.25, 0.3) is 0 Å². The van der Waals surface area contributed by atoms with Crippen LogP contribution in [0.1, 0.15) is 194 Å². The second-order valence-electron chi connectivity index (χ2n) is 16.0. The molecule has 0 aromatic rings. The van der Waals surface area contributed by atoms with E-state index in [4.69, 9.17) is 14.2 Å². The molecule has 0 saturated heterocycles. The van der Waals surface area contributed by atoms with Gasteiger partial charge < -0.3 is 28.6 Å². The summed E-state index contributed by atoms with van der Waals surface area (Å²) < 4.78 is 17.1. The number of hydrogen-bond donors (Lipinski definition) is 0. The summed E-state index contributed by atoms with van der Waals surface area (Å²) in [5.74, 6) is -1.76. The Morgan fingerprint density at radius 2 is 1.00 bits per heavy atom. The van der Waals surface area contributed by atoms with Crippen LogP contribution < -0.4 is 5.11 Å². The lowest BCUT2D eigenvalue weighted by Gasteiger charge is -2.34. The maximum absolute atomic E-state index is 12.6. The molecule has 2 unspecified atom stereocenters. The van der Waals surface area contributed by atoms with Crippen LogP contribution in [0.5, 0.6) is 0 Å². The molecule has 0 aliphatic heterocycles. The number of nitrogens with zero attached hydrogens (tertiary/aromatic N) is 1. The zero-order chi connectivity index (χ0) is 39.3. The summed E-state index contributed by atoms with van der Waals surface area (Å²) in [6.45, 7) is 4.59. The standard InChI is InChI=1S/C45H83NO7/c1-6-8-10-12-14-16-18-19-20-21-22-23-24-26-27-29-31-33-35-43(47)52-40-41(39-51-38-37-42(45(49)50)46(3,4)5)53-44(48)36-34-32-30-28-25-17-15-13-11-9-7-2/h13,15,17,25,41-42H,6-12,14,16,18-24,26-40H2,1-5H3/b15-13+,25-17+. The Morgan fingerprint density at radius 3 is 1.47 bits per heavy atom. The number of quaternary nitrogens is 1. The number of esters is 2. The van der Waals surface area contributed by atoms with Gasteiger partial charge in [0.15, 0.2) is 6.10 Å². The van der Waals surface area contributed by atoms with Crippen LogP contribution in [-0.4, -0.2) is 75.5 Å². The van der Waals surface area contributed by atoms with Crippen molar-refractivity contribution >= 4 is 17.9 Å². The minimum atomic E-state index is -1.13. The molecule has 0 amide bonds. The Hall–Kier alpha value is -2.19. The van der Waals surface area contributed by atoms with Gasteiger partial charge >= 0.3 is 11.9 Å². The minimum Gasteiger partial charge on any atom is -0.544 e. The van der Waals surface area contributed by atoms with Gasteiger partial charge in [-0.25, -0.2) is 0 Å². The Labute approximate surface area is 326 Å². The molecule has 0 spiro atoms. The fourth-order valence-corrected chi connectivity index (χ4v) is 6.40. The molecule has 0 aromatic heterocycles. The van der Waals surface area contributed by atoms with Gasteiger partial charge in [-0.05, 0) is 32.1 Å². The highest BCUT2D eigenvalue weighted by molar-refractivity contribution is 5.70. The van der Waals surface area contributed by atoms with E-state index in [0.29, 0.717) is 12.8 Å². The second kappa shape index (κ2) is 36.8. The molecule has 0 aliphatic rings. The fraction of sp³-hybridized carbons (Fsp3) is 0.844. The zero-order valence-electron chi connectivity index (χ0n) is 35.2. The molecule has 0 aliphatic carbocycles. The van der Waals surface area contributed by atoms with Gasteiger partial charge in [0, 0.05) is 19.3 Å². The summed E-state index contributed by atoms with van der Waals surface area (Å²) >= 11 is 0. The van der Waals surface area contributed by atoms with Gasteiger partial charge in [-0.3, -0.25) is 9.59 Å². The maximum Gasteiger partial charge on any atom is 0.306 e. The van der Waals surface area contributed by atoms with Crippen LogP contribution in [0.15, 0.2) is 24.3 Å². The third-order valence-electron chi connectivity index (χ3n) is 9.87. The largest absolute Gasteiger partial charge is 0.544 e. The first kappa shape index (κ1) is 50.8. The van der Waals surface area contributed by atoms with Crippen LogP contribution in [0.3, 0.4) is 0 Å². The first-order chi connectivity index (χ1) is 25.6. The smallest absolute Gasteiger partial charge is 0.306 e. The SMILES string of the molecule is CCCC/C=C/C=C/CCCCCC(=O)OC(COCCC(C(=O)[O-])[N+](C)(C)C)COC(=O)CCCCCCCCCCCCCCCCCCCC. The highest BCUT2D eigenvalue weighted by Crippen LogP contribution is 2.15. The number of allylic oxidation sites excluding steroid dienone is 4. The first-order valence-corrected chi connectivity index (χ1v) is 21.9. The van der Waals surface area contributed by atoms with Gasteiger partial charge in [0.2, 0.25) is 0 Å². The summed E-state index contributed by atoms with van der Waals surface area (Å²) in [4.78, 5) is 36.7. The molecule has 0 heterocycles. The third-order valence-corrected chi connectivity index (χ3v) is 9.87. The lowest BCUT2D eigenvalue weighted by atomic mass is 10.0. The van der Waals surface area contributed by atoms with Crippen molar-refractivity contribution in [3.8, 4) is 0 Å². The van der Waals surface area contributed by atoms with Gasteiger partial charge in [0.05, 0.1) is 40.3 Å². The molecule has 0 rings (SSSR count). The molecule has 8 nitrogen and oxygen atoms in total. The quantitative estimate of drug-likeness (QED) is 0.0267. The number of aliphatic carboxylic acids is 1. The third kappa shape index (κ3) is 35.3. The number of unbranched alkanes of at least 4 members (excludes halogenated alkanes) is 22. The van der Waals surface area contributed by atoms with Crippen molar-refractivity contribution in [3.63, 3.8) is 0 Å². The predicted octanol–water partition coefficient (Wildman–Crippen LogP) is 10.4. The predicted molar refractivity (Wildman–Crippen MR) is 217 cm³/mol. The number of rotatable bonds is 39. The van der Waals surface area contributed by atoms with Crippen molar-refractivity contribution in [2.24, 2.45) is 0 Å². The van der Waals surface area contributed by atoms with E-state index in [-0.39, 0.29) is 42.7 Å². The molecule has 0 fully saturated rings. The molecular formula is C45H83NO7. The molecule has 0 radical (unpaired) electrons. The summed E-state index contributed by atoms with van der Waals surface area (Å²) in [7, 11) is 5.40. The number of likely N-dealkylation sites (N-methyl/N-ethyl adjacent to an activating group) is 1. The summed E-state index contributed by atoms with van der Waals surface area (Å²) in [5, 5.41) is 11.6. The van der Waals surface area contributed by atoms with Gasteiger partial charge in [-0.15, -0.1) is 0 Å². The van der Waals surface area contributed by atoms with E-state index in [1.165, 1.54) is 109 Å². The molecule has 2 atom stereocenters. The molecular weight excluding hydrogens is 666 g/mol. The van der Waals surface area contributed by atoms with Crippen molar-refractivity contribution in [3.05, 3.63) is 24.3 Å². The summed E-state index contributed by atoms with van der Waals surface area (Å²) in [6.07, 6.45) is 39.2. The molecule has 0 N–H and O–H groups in total. The fourth-order valence-electron chi connectivity index (χ4n) is 6.40. The van der Waals surface area contributed by atoms with E-state index in [9.17, 15) is 19.5 Å². The molecule has 310 valence electrons. The number of ether oxygens (including phenoxy) is 3. The van der Waals surface area contributed by atoms with E-state index in [2.05, 4.69) is 38.2 Å². The number of carboxylic acid groups (broad SMARTS) is 1. The van der Waals surface area contributed by atoms with Crippen molar-refractivity contribution in [1.29, 1.82) is 0 Å². The van der Waals surface area contributed by atoms with E-state index in [0.717, 1.165) is 51.4 Å². The average molecular weight is 750 g/mol. The highest BCUT2D eigenvalue weighted by atomic mass is 16.6. The number of hydrogen-bond acceptors (Lipinski definition) is 7. The highest BCUT2D eigenvalue weighted by Gasteiger charge is 2.25. The molecule has 53 heavy (non-hydrogen) atoms. The Balaban J connectivity index is 4.28. The van der Waals surface area contributed by atoms with E-state index >= 15 is 0 Å². The topological polar surface area (TPSA) is 102 Å². The van der Waals surface area contributed by atoms with Crippen molar-refractivity contribution < 1.29 is 38.2 Å². The van der Waals surface area contributed by atoms with E-state index < -0.39 is 18.1 Å². The Kier molecular flexibility index (Phi) is 35.2. The van der Waals surface area contributed by atoms with Crippen LogP contribution in [0.2, 0.25) is 0 Å². The van der Waals surface area contributed by atoms with Crippen LogP contribution in [-0.2, 0) is 28.6 Å². The molecule has 8 heteroatoms. The molecule has 0 bridgehead atoms. The Bertz CT molecular complexity index is 926. The average Bonchev–Trinajstić information content (AvgIpc) is 3.11. The Morgan fingerprint density at radius 1 is 0.566 bits per heavy atom. The van der Waals surface area contributed by atoms with Crippen LogP contribution >= 0.6 is 0 Å². The zero-order valence-corrected chi connectivity index (χ0v) is 35.2. The lowest BCUT2D eigenvalue weighted by molar-refractivity contribution is -0.889. The van der Waals surface area contributed by atoms with E-state index in [1.54, 1.807) is 21.1 Å². The van der Waals surface area contributed by atoms with Crippen molar-refractivity contribution in [2.75, 3.05) is 41.0 Å². The second-order valence-corrected chi connectivity index (χ2v) is 16.0. The van der Waals surface area contributed by atoms with Gasteiger partial charge in [0.1, 0.15) is 12.6 Å². The van der Waals surface area contributed by atoms with Crippen LogP contribution in [0.4, 0.5) is 0 Å². The number of carbonyl (C=O) groups is 3. The lowest BCUT2D eigenvalue weighted by Crippen LogP contribution is -2.55. The van der Waals surface area contributed by atoms with Crippen LogP contribution in [0, 0.1) is 0 Å². The van der Waals surface area contributed by atoms with Crippen molar-refractivity contribution in [2.45, 2.75) is 206 Å². The van der Waals surface area contributed by atoms with Crippen molar-refractivity contribution in [1.82, 2.24) is 0 Å². The minimum absolute atomic E-state index is 0.0334. The summed E-state index contributed by atoms with van der Waals surface area (Å²) in [6, 6.07) is -0.727. The molecule has 0 saturated carbocycles. The number of carboxylic acids is 1. The van der Waals surface area contributed by atoms with Gasteiger partial charge in [-0.2, -0.15) is 0 Å². The monoisotopic (exact) mass is 750 g/mol. The normalized spacial score (nSPS) is 13.2. The van der Waals surface area contributed by atoms with E-state index in [1.807, 2.05) is 0 Å². The number of carbonyl (C=O) groups excluding carboxylic acids is 3. The van der Waals surface area contributed by atoms with Gasteiger partial charge in [0.25, 0.3) is 0 Å². The van der Waals surface area contributed by atoms with Gasteiger partial charge in [-0.1, -0.05) is 167 Å². The molecule has 0 aromatic carbocycles. The summed E-state index contributed by atoms with van der Waals surface area (Å²) in [5.41, 5.74) is 0.